The second kappa shape index (κ2) is 7.94. The molecule has 0 radical (unpaired) electrons. The van der Waals surface area contributed by atoms with Crippen LogP contribution in [0.15, 0.2) is 24.3 Å². The Morgan fingerprint density at radius 1 is 1.23 bits per heavy atom. The number of nitrogens with one attached hydrogen (secondary N) is 1. The fraction of sp³-hybridized carbons (Fsp3) is 0.529. The molecule has 1 aliphatic carbocycles. The number of amides is 1. The largest absolute Gasteiger partial charge is 0.452 e. The van der Waals surface area contributed by atoms with Crippen molar-refractivity contribution in [2.45, 2.75) is 39.2 Å². The summed E-state index contributed by atoms with van der Waals surface area (Å²) in [5, 5.41) is 3.00. The second-order valence-corrected chi connectivity index (χ2v) is 7.27. The number of carbonyl (C=O) groups excluding carboxylic acids is 2. The van der Waals surface area contributed by atoms with Crippen molar-refractivity contribution in [3.05, 3.63) is 33.4 Å². The molecule has 0 saturated heterocycles. The molecule has 0 aromatic heterocycles. The Labute approximate surface area is 145 Å². The van der Waals surface area contributed by atoms with Crippen LogP contribution in [-0.4, -0.2) is 24.5 Å². The number of halogens is 1. The quantitative estimate of drug-likeness (QED) is 0.606. The van der Waals surface area contributed by atoms with E-state index in [-0.39, 0.29) is 18.6 Å². The van der Waals surface area contributed by atoms with Gasteiger partial charge in [-0.2, -0.15) is 0 Å². The molecule has 0 unspecified atom stereocenters. The summed E-state index contributed by atoms with van der Waals surface area (Å²) in [6.07, 6.45) is 3.36. The Balaban J connectivity index is 1.80. The van der Waals surface area contributed by atoms with Crippen LogP contribution in [0.4, 0.5) is 0 Å². The first-order valence-corrected chi connectivity index (χ1v) is 8.77. The van der Waals surface area contributed by atoms with Crippen molar-refractivity contribution >= 4 is 34.5 Å². The maximum absolute atomic E-state index is 12.0. The van der Waals surface area contributed by atoms with E-state index in [0.717, 1.165) is 16.4 Å². The first kappa shape index (κ1) is 17.2. The molecule has 1 saturated carbocycles. The van der Waals surface area contributed by atoms with Gasteiger partial charge in [0.25, 0.3) is 5.91 Å². The molecule has 3 atom stereocenters. The van der Waals surface area contributed by atoms with E-state index in [9.17, 15) is 9.59 Å². The van der Waals surface area contributed by atoms with Crippen LogP contribution in [-0.2, 0) is 9.53 Å². The van der Waals surface area contributed by atoms with E-state index < -0.39 is 5.97 Å². The zero-order valence-electron chi connectivity index (χ0n) is 13.0. The molecule has 5 heteroatoms. The van der Waals surface area contributed by atoms with Crippen LogP contribution in [0.1, 0.15) is 43.5 Å². The Bertz CT molecular complexity index is 529. The van der Waals surface area contributed by atoms with Crippen LogP contribution in [0.2, 0.25) is 0 Å². The van der Waals surface area contributed by atoms with E-state index >= 15 is 0 Å². The summed E-state index contributed by atoms with van der Waals surface area (Å²) >= 11 is 2.17. The molecular formula is C17H22INO3. The standard InChI is InChI=1S/C17H22INO3/c1-11-4-3-5-15(12(11)2)19-16(20)10-22-17(21)13-6-8-14(18)9-7-13/h6-9,11-12,15H,3-5,10H2,1-2H3,(H,19,20)/t11-,12-,15+/m1/s1. The minimum Gasteiger partial charge on any atom is -0.452 e. The smallest absolute Gasteiger partial charge is 0.338 e. The monoisotopic (exact) mass is 415 g/mol. The van der Waals surface area contributed by atoms with Gasteiger partial charge in [0.05, 0.1) is 5.56 Å². The van der Waals surface area contributed by atoms with E-state index in [1.165, 1.54) is 6.42 Å². The third kappa shape index (κ3) is 4.69. The molecule has 1 N–H and O–H groups in total. The van der Waals surface area contributed by atoms with Gasteiger partial charge >= 0.3 is 5.97 Å². The number of hydrogen-bond donors (Lipinski definition) is 1. The van der Waals surface area contributed by atoms with Crippen molar-refractivity contribution in [3.63, 3.8) is 0 Å². The first-order chi connectivity index (χ1) is 10.5. The molecule has 4 nitrogen and oxygen atoms in total. The summed E-state index contributed by atoms with van der Waals surface area (Å²) in [5.74, 6) is 0.402. The molecule has 1 aromatic carbocycles. The van der Waals surface area contributed by atoms with E-state index in [0.29, 0.717) is 17.4 Å². The minimum atomic E-state index is -0.461. The van der Waals surface area contributed by atoms with Crippen molar-refractivity contribution in [1.29, 1.82) is 0 Å². The maximum Gasteiger partial charge on any atom is 0.338 e. The lowest BCUT2D eigenvalue weighted by Gasteiger charge is -2.34. The normalized spacial score (nSPS) is 24.6. The molecular weight excluding hydrogens is 393 g/mol. The van der Waals surface area contributed by atoms with E-state index in [1.54, 1.807) is 12.1 Å². The minimum absolute atomic E-state index is 0.188. The average Bonchev–Trinajstić information content (AvgIpc) is 2.50. The third-order valence-corrected chi connectivity index (χ3v) is 5.19. The number of rotatable bonds is 4. The maximum atomic E-state index is 12.0. The highest BCUT2D eigenvalue weighted by Gasteiger charge is 2.28. The van der Waals surface area contributed by atoms with Crippen molar-refractivity contribution in [3.8, 4) is 0 Å². The van der Waals surface area contributed by atoms with Gasteiger partial charge < -0.3 is 10.1 Å². The van der Waals surface area contributed by atoms with Gasteiger partial charge in [-0.3, -0.25) is 4.79 Å². The Morgan fingerprint density at radius 2 is 1.91 bits per heavy atom. The fourth-order valence-electron chi connectivity index (χ4n) is 2.83. The highest BCUT2D eigenvalue weighted by atomic mass is 127. The van der Waals surface area contributed by atoms with Gasteiger partial charge in [-0.1, -0.05) is 26.7 Å². The highest BCUT2D eigenvalue weighted by Crippen LogP contribution is 2.29. The van der Waals surface area contributed by atoms with E-state index in [2.05, 4.69) is 41.8 Å². The predicted octanol–water partition coefficient (Wildman–Crippen LogP) is 3.39. The molecule has 1 fully saturated rings. The summed E-state index contributed by atoms with van der Waals surface area (Å²) in [6, 6.07) is 7.26. The van der Waals surface area contributed by atoms with Gasteiger partial charge in [0.15, 0.2) is 6.61 Å². The predicted molar refractivity (Wildman–Crippen MR) is 93.6 cm³/mol. The summed E-state index contributed by atoms with van der Waals surface area (Å²) < 4.78 is 6.13. The summed E-state index contributed by atoms with van der Waals surface area (Å²) in [6.45, 7) is 4.18. The molecule has 1 aliphatic rings. The molecule has 2 rings (SSSR count). The van der Waals surface area contributed by atoms with Crippen LogP contribution in [0.25, 0.3) is 0 Å². The van der Waals surface area contributed by atoms with Crippen LogP contribution >= 0.6 is 22.6 Å². The number of esters is 1. The van der Waals surface area contributed by atoms with Crippen LogP contribution in [0, 0.1) is 15.4 Å². The third-order valence-electron chi connectivity index (χ3n) is 4.47. The number of hydrogen-bond acceptors (Lipinski definition) is 3. The van der Waals surface area contributed by atoms with Crippen molar-refractivity contribution in [2.24, 2.45) is 11.8 Å². The van der Waals surface area contributed by atoms with Gasteiger partial charge in [0.2, 0.25) is 0 Å². The number of carbonyl (C=O) groups is 2. The highest BCUT2D eigenvalue weighted by molar-refractivity contribution is 14.1. The zero-order valence-corrected chi connectivity index (χ0v) is 15.1. The lowest BCUT2D eigenvalue weighted by molar-refractivity contribution is -0.125. The number of benzene rings is 1. The molecule has 0 heterocycles. The topological polar surface area (TPSA) is 55.4 Å². The molecule has 1 aromatic rings. The lowest BCUT2D eigenvalue weighted by atomic mass is 9.78. The van der Waals surface area contributed by atoms with Gasteiger partial charge in [0, 0.05) is 9.61 Å². The van der Waals surface area contributed by atoms with Crippen LogP contribution in [0.3, 0.4) is 0 Å². The van der Waals surface area contributed by atoms with E-state index in [4.69, 9.17) is 4.74 Å². The fourth-order valence-corrected chi connectivity index (χ4v) is 3.19. The summed E-state index contributed by atoms with van der Waals surface area (Å²) in [7, 11) is 0. The zero-order chi connectivity index (χ0) is 16.1. The van der Waals surface area contributed by atoms with Crippen molar-refractivity contribution in [2.75, 3.05) is 6.61 Å². The Hall–Kier alpha value is -1.11. The number of ether oxygens (including phenoxy) is 1. The lowest BCUT2D eigenvalue weighted by Crippen LogP contribution is -2.45. The van der Waals surface area contributed by atoms with Gasteiger partial charge in [0.1, 0.15) is 0 Å². The van der Waals surface area contributed by atoms with Gasteiger partial charge in [-0.25, -0.2) is 4.79 Å². The van der Waals surface area contributed by atoms with Crippen LogP contribution in [0.5, 0.6) is 0 Å². The molecule has 0 bridgehead atoms. The SMILES string of the molecule is C[C@@H]1[C@H](C)CCC[C@@H]1NC(=O)COC(=O)c1ccc(I)cc1. The van der Waals surface area contributed by atoms with Crippen molar-refractivity contribution in [1.82, 2.24) is 5.32 Å². The summed E-state index contributed by atoms with van der Waals surface area (Å²) in [4.78, 5) is 23.8. The second-order valence-electron chi connectivity index (χ2n) is 6.02. The molecule has 22 heavy (non-hydrogen) atoms. The Morgan fingerprint density at radius 3 is 2.59 bits per heavy atom. The van der Waals surface area contributed by atoms with Crippen molar-refractivity contribution < 1.29 is 14.3 Å². The molecule has 0 aliphatic heterocycles. The first-order valence-electron chi connectivity index (χ1n) is 7.69. The Kier molecular flexibility index (Phi) is 6.23. The van der Waals surface area contributed by atoms with Crippen LogP contribution < -0.4 is 5.32 Å². The molecule has 120 valence electrons. The average molecular weight is 415 g/mol. The van der Waals surface area contributed by atoms with Gasteiger partial charge in [-0.15, -0.1) is 0 Å². The molecule has 1 amide bonds. The molecule has 0 spiro atoms. The van der Waals surface area contributed by atoms with E-state index in [1.807, 2.05) is 12.1 Å². The van der Waals surface area contributed by atoms with Gasteiger partial charge in [-0.05, 0) is 65.1 Å². The summed E-state index contributed by atoms with van der Waals surface area (Å²) in [5.41, 5.74) is 0.466.